The molecule has 1 amide bonds. The van der Waals surface area contributed by atoms with Gasteiger partial charge in [0, 0.05) is 23.5 Å². The van der Waals surface area contributed by atoms with E-state index >= 15 is 0 Å². The van der Waals surface area contributed by atoms with Gasteiger partial charge in [0.1, 0.15) is 0 Å². The van der Waals surface area contributed by atoms with Gasteiger partial charge in [-0.05, 0) is 49.1 Å². The number of H-pyrrole nitrogens is 1. The summed E-state index contributed by atoms with van der Waals surface area (Å²) in [6.07, 6.45) is -0.686. The summed E-state index contributed by atoms with van der Waals surface area (Å²) in [5.74, 6) is -0.167. The Morgan fingerprint density at radius 3 is 2.70 bits per heavy atom. The molecule has 0 bridgehead atoms. The summed E-state index contributed by atoms with van der Waals surface area (Å²) in [6.45, 7) is 1.69. The van der Waals surface area contributed by atoms with E-state index in [9.17, 15) is 18.0 Å². The molecular weight excluding hydrogens is 353 g/mol. The average Bonchev–Trinajstić information content (AvgIpc) is 3.04. The van der Waals surface area contributed by atoms with Crippen LogP contribution in [0.5, 0.6) is 0 Å². The van der Waals surface area contributed by atoms with Gasteiger partial charge in [0.05, 0.1) is 11.6 Å². The van der Waals surface area contributed by atoms with Crippen molar-refractivity contribution in [3.8, 4) is 0 Å². The largest absolute Gasteiger partial charge is 0.416 e. The zero-order chi connectivity index (χ0) is 19.4. The minimum atomic E-state index is -4.39. The molecular formula is C21H21F3N2O. The van der Waals surface area contributed by atoms with Crippen LogP contribution in [0.4, 0.5) is 13.2 Å². The van der Waals surface area contributed by atoms with Gasteiger partial charge in [-0.2, -0.15) is 13.2 Å². The number of hydrogen-bond donors (Lipinski definition) is 2. The number of fused-ring (bicyclic) bond motifs is 1. The first-order valence-electron chi connectivity index (χ1n) is 8.86. The second-order valence-corrected chi connectivity index (χ2v) is 6.63. The number of carbonyl (C=O) groups is 1. The van der Waals surface area contributed by atoms with Gasteiger partial charge in [-0.25, -0.2) is 0 Å². The predicted molar refractivity (Wildman–Crippen MR) is 99.2 cm³/mol. The van der Waals surface area contributed by atoms with Crippen molar-refractivity contribution in [3.05, 3.63) is 71.4 Å². The molecule has 0 aliphatic rings. The highest BCUT2D eigenvalue weighted by Crippen LogP contribution is 2.30. The number of amides is 1. The summed E-state index contributed by atoms with van der Waals surface area (Å²) >= 11 is 0. The SMILES string of the molecule is CC(NC(=O)CCCc1c[nH]c2ccccc12)c1cccc(C(F)(F)F)c1. The van der Waals surface area contributed by atoms with Gasteiger partial charge in [-0.15, -0.1) is 0 Å². The van der Waals surface area contributed by atoms with Crippen molar-refractivity contribution in [3.63, 3.8) is 0 Å². The predicted octanol–water partition coefficient (Wildman–Crippen LogP) is 5.39. The standard InChI is InChI=1S/C21H21F3N2O/c1-14(15-6-4-8-17(12-15)21(22,23)24)26-20(27)11-5-7-16-13-25-19-10-3-2-9-18(16)19/h2-4,6,8-10,12-14,25H,5,7,11H2,1H3,(H,26,27). The Kier molecular flexibility index (Phi) is 5.54. The van der Waals surface area contributed by atoms with Crippen molar-refractivity contribution in [2.45, 2.75) is 38.4 Å². The summed E-state index contributed by atoms with van der Waals surface area (Å²) < 4.78 is 38.4. The summed E-state index contributed by atoms with van der Waals surface area (Å²) in [5, 5.41) is 3.93. The summed E-state index contributed by atoms with van der Waals surface area (Å²) in [5.41, 5.74) is 1.95. The number of rotatable bonds is 6. The zero-order valence-corrected chi connectivity index (χ0v) is 14.9. The number of halogens is 3. The highest BCUT2D eigenvalue weighted by molar-refractivity contribution is 5.83. The molecule has 0 saturated carbocycles. The highest BCUT2D eigenvalue weighted by atomic mass is 19.4. The molecule has 3 rings (SSSR count). The number of benzene rings is 2. The molecule has 27 heavy (non-hydrogen) atoms. The van der Waals surface area contributed by atoms with Gasteiger partial charge in [0.2, 0.25) is 5.91 Å². The van der Waals surface area contributed by atoms with Crippen molar-refractivity contribution in [2.24, 2.45) is 0 Å². The van der Waals surface area contributed by atoms with Gasteiger partial charge in [-0.3, -0.25) is 4.79 Å². The first-order valence-corrected chi connectivity index (χ1v) is 8.86. The topological polar surface area (TPSA) is 44.9 Å². The van der Waals surface area contributed by atoms with E-state index in [1.54, 1.807) is 13.0 Å². The molecule has 1 heterocycles. The monoisotopic (exact) mass is 374 g/mol. The third kappa shape index (κ3) is 4.70. The fraction of sp³-hybridized carbons (Fsp3) is 0.286. The molecule has 1 unspecified atom stereocenters. The van der Waals surface area contributed by atoms with Crippen molar-refractivity contribution >= 4 is 16.8 Å². The van der Waals surface area contributed by atoms with Crippen LogP contribution in [0, 0.1) is 0 Å². The normalized spacial score (nSPS) is 12.9. The van der Waals surface area contributed by atoms with Gasteiger partial charge in [0.25, 0.3) is 0 Å². The van der Waals surface area contributed by atoms with E-state index in [0.29, 0.717) is 18.4 Å². The van der Waals surface area contributed by atoms with Crippen LogP contribution in [0.2, 0.25) is 0 Å². The van der Waals surface area contributed by atoms with Crippen LogP contribution in [0.3, 0.4) is 0 Å². The molecule has 2 aromatic carbocycles. The molecule has 3 nitrogen and oxygen atoms in total. The second kappa shape index (κ2) is 7.86. The smallest absolute Gasteiger partial charge is 0.361 e. The Hall–Kier alpha value is -2.76. The van der Waals surface area contributed by atoms with Crippen LogP contribution in [0.15, 0.2) is 54.7 Å². The van der Waals surface area contributed by atoms with E-state index in [1.165, 1.54) is 6.07 Å². The van der Waals surface area contributed by atoms with E-state index in [0.717, 1.165) is 35.0 Å². The fourth-order valence-corrected chi connectivity index (χ4v) is 3.16. The number of para-hydroxylation sites is 1. The lowest BCUT2D eigenvalue weighted by molar-refractivity contribution is -0.137. The molecule has 3 aromatic rings. The number of nitrogens with one attached hydrogen (secondary N) is 2. The van der Waals surface area contributed by atoms with E-state index in [1.807, 2.05) is 30.5 Å². The maximum Gasteiger partial charge on any atom is 0.416 e. The van der Waals surface area contributed by atoms with E-state index < -0.39 is 17.8 Å². The summed E-state index contributed by atoms with van der Waals surface area (Å²) in [4.78, 5) is 15.4. The number of carbonyl (C=O) groups excluding carboxylic acids is 1. The van der Waals surface area contributed by atoms with Crippen molar-refractivity contribution in [2.75, 3.05) is 0 Å². The first-order chi connectivity index (χ1) is 12.8. The highest BCUT2D eigenvalue weighted by Gasteiger charge is 2.30. The van der Waals surface area contributed by atoms with Crippen LogP contribution >= 0.6 is 0 Å². The lowest BCUT2D eigenvalue weighted by Crippen LogP contribution is -2.26. The van der Waals surface area contributed by atoms with Gasteiger partial charge < -0.3 is 10.3 Å². The summed E-state index contributed by atoms with van der Waals surface area (Å²) in [7, 11) is 0. The molecule has 1 atom stereocenters. The Morgan fingerprint density at radius 2 is 1.93 bits per heavy atom. The lowest BCUT2D eigenvalue weighted by Gasteiger charge is -2.16. The average molecular weight is 374 g/mol. The first kappa shape index (κ1) is 19.0. The third-order valence-corrected chi connectivity index (χ3v) is 4.62. The second-order valence-electron chi connectivity index (χ2n) is 6.63. The molecule has 0 saturated heterocycles. The van der Waals surface area contributed by atoms with E-state index in [4.69, 9.17) is 0 Å². The summed E-state index contributed by atoms with van der Waals surface area (Å²) in [6, 6.07) is 12.6. The molecule has 0 aliphatic heterocycles. The van der Waals surface area contributed by atoms with Crippen LogP contribution in [0.25, 0.3) is 10.9 Å². The minimum Gasteiger partial charge on any atom is -0.361 e. The van der Waals surface area contributed by atoms with Crippen molar-refractivity contribution < 1.29 is 18.0 Å². The Balaban J connectivity index is 1.53. The number of aromatic nitrogens is 1. The van der Waals surface area contributed by atoms with Gasteiger partial charge >= 0.3 is 6.18 Å². The third-order valence-electron chi connectivity index (χ3n) is 4.62. The fourth-order valence-electron chi connectivity index (χ4n) is 3.16. The maximum atomic E-state index is 12.8. The molecule has 1 aromatic heterocycles. The van der Waals surface area contributed by atoms with Crippen molar-refractivity contribution in [1.29, 1.82) is 0 Å². The zero-order valence-electron chi connectivity index (χ0n) is 14.9. The molecule has 0 fully saturated rings. The molecule has 142 valence electrons. The van der Waals surface area contributed by atoms with Crippen molar-refractivity contribution in [1.82, 2.24) is 10.3 Å². The van der Waals surface area contributed by atoms with Crippen LogP contribution < -0.4 is 5.32 Å². The number of aryl methyl sites for hydroxylation is 1. The Bertz CT molecular complexity index is 930. The molecule has 0 aliphatic carbocycles. The number of hydrogen-bond acceptors (Lipinski definition) is 1. The Morgan fingerprint density at radius 1 is 1.15 bits per heavy atom. The quantitative estimate of drug-likeness (QED) is 0.597. The number of aromatic amines is 1. The molecule has 0 spiro atoms. The van der Waals surface area contributed by atoms with E-state index in [2.05, 4.69) is 10.3 Å². The van der Waals surface area contributed by atoms with Crippen LogP contribution in [-0.2, 0) is 17.4 Å². The van der Waals surface area contributed by atoms with Crippen LogP contribution in [-0.4, -0.2) is 10.9 Å². The molecule has 0 radical (unpaired) electrons. The molecule has 6 heteroatoms. The number of alkyl halides is 3. The van der Waals surface area contributed by atoms with Gasteiger partial charge in [0.15, 0.2) is 0 Å². The Labute approximate surface area is 155 Å². The maximum absolute atomic E-state index is 12.8. The van der Waals surface area contributed by atoms with E-state index in [-0.39, 0.29) is 5.91 Å². The molecule has 2 N–H and O–H groups in total. The van der Waals surface area contributed by atoms with Crippen LogP contribution in [0.1, 0.15) is 42.5 Å². The van der Waals surface area contributed by atoms with Gasteiger partial charge in [-0.1, -0.05) is 30.3 Å². The lowest BCUT2D eigenvalue weighted by atomic mass is 10.0. The minimum absolute atomic E-state index is 0.167.